The molecule has 1 unspecified atom stereocenters. The molecule has 0 saturated carbocycles. The molecule has 0 radical (unpaired) electrons. The Labute approximate surface area is 166 Å². The van der Waals surface area contributed by atoms with E-state index in [1.807, 2.05) is 91.9 Å². The van der Waals surface area contributed by atoms with Crippen LogP contribution in [0.4, 0.5) is 4.79 Å². The second kappa shape index (κ2) is 9.72. The first-order valence-corrected chi connectivity index (χ1v) is 9.41. The predicted octanol–water partition coefficient (Wildman–Crippen LogP) is 4.77. The number of carbonyl (C=O) groups is 1. The Hall–Kier alpha value is -3.11. The lowest BCUT2D eigenvalue weighted by Gasteiger charge is -2.22. The van der Waals surface area contributed by atoms with Crippen molar-refractivity contribution >= 4 is 6.03 Å². The number of urea groups is 1. The van der Waals surface area contributed by atoms with Crippen LogP contribution in [-0.2, 0) is 4.74 Å². The van der Waals surface area contributed by atoms with E-state index in [1.165, 1.54) is 0 Å². The molecular weight excluding hydrogens is 348 g/mol. The van der Waals surface area contributed by atoms with Crippen LogP contribution in [0.5, 0.6) is 0 Å². The number of aryl methyl sites for hydroxylation is 1. The zero-order valence-corrected chi connectivity index (χ0v) is 16.3. The topological polar surface area (TPSA) is 50.4 Å². The van der Waals surface area contributed by atoms with Crippen LogP contribution in [0.2, 0.25) is 0 Å². The highest BCUT2D eigenvalue weighted by molar-refractivity contribution is 5.75. The van der Waals surface area contributed by atoms with Gasteiger partial charge in [0, 0.05) is 13.7 Å². The molecule has 4 nitrogen and oxygen atoms in total. The number of ether oxygens (including phenoxy) is 1. The third-order valence-electron chi connectivity index (χ3n) is 4.81. The molecule has 0 aliphatic rings. The highest BCUT2D eigenvalue weighted by atomic mass is 16.5. The summed E-state index contributed by atoms with van der Waals surface area (Å²) in [7, 11) is 1.66. The van der Waals surface area contributed by atoms with Gasteiger partial charge >= 0.3 is 6.03 Å². The van der Waals surface area contributed by atoms with Gasteiger partial charge in [-0.2, -0.15) is 0 Å². The number of nitrogens with one attached hydrogen (secondary N) is 2. The average molecular weight is 374 g/mol. The summed E-state index contributed by atoms with van der Waals surface area (Å²) in [4.78, 5) is 12.7. The lowest BCUT2D eigenvalue weighted by Crippen LogP contribution is -2.40. The van der Waals surface area contributed by atoms with Crippen LogP contribution in [0, 0.1) is 6.92 Å². The molecule has 2 N–H and O–H groups in total. The molecule has 144 valence electrons. The lowest BCUT2D eigenvalue weighted by molar-refractivity contribution is 0.103. The summed E-state index contributed by atoms with van der Waals surface area (Å²) >= 11 is 0. The Bertz CT molecular complexity index is 842. The summed E-state index contributed by atoms with van der Waals surface area (Å²) in [6.45, 7) is 2.44. The highest BCUT2D eigenvalue weighted by Crippen LogP contribution is 2.22. The second-order valence-electron chi connectivity index (χ2n) is 6.69. The molecule has 0 heterocycles. The van der Waals surface area contributed by atoms with Crippen LogP contribution < -0.4 is 10.6 Å². The van der Waals surface area contributed by atoms with Crippen molar-refractivity contribution in [1.82, 2.24) is 10.6 Å². The summed E-state index contributed by atoms with van der Waals surface area (Å²) in [6.07, 6.45) is -0.196. The van der Waals surface area contributed by atoms with Crippen LogP contribution in [0.25, 0.3) is 0 Å². The smallest absolute Gasteiger partial charge is 0.315 e. The highest BCUT2D eigenvalue weighted by Gasteiger charge is 2.18. The molecule has 0 saturated heterocycles. The van der Waals surface area contributed by atoms with Crippen molar-refractivity contribution in [2.45, 2.75) is 19.1 Å². The van der Waals surface area contributed by atoms with Crippen LogP contribution in [0.3, 0.4) is 0 Å². The molecule has 0 bridgehead atoms. The van der Waals surface area contributed by atoms with Crippen molar-refractivity contribution in [2.75, 3.05) is 13.7 Å². The number of amides is 2. The zero-order chi connectivity index (χ0) is 19.8. The van der Waals surface area contributed by atoms with E-state index >= 15 is 0 Å². The molecule has 28 heavy (non-hydrogen) atoms. The van der Waals surface area contributed by atoms with Crippen molar-refractivity contribution < 1.29 is 9.53 Å². The van der Waals surface area contributed by atoms with E-state index in [1.54, 1.807) is 7.11 Å². The van der Waals surface area contributed by atoms with E-state index in [0.717, 1.165) is 22.3 Å². The number of rotatable bonds is 7. The van der Waals surface area contributed by atoms with Crippen LogP contribution in [0.1, 0.15) is 34.4 Å². The Morgan fingerprint density at radius 2 is 1.39 bits per heavy atom. The zero-order valence-electron chi connectivity index (χ0n) is 16.3. The first-order valence-electron chi connectivity index (χ1n) is 9.41. The minimum atomic E-state index is -0.228. The molecule has 4 heteroatoms. The SMILES string of the molecule is COC(CNC(=O)NC(c1ccccc1)c1ccccc1)c1ccccc1C. The van der Waals surface area contributed by atoms with Crippen molar-refractivity contribution in [1.29, 1.82) is 0 Å². The molecule has 0 aliphatic heterocycles. The van der Waals surface area contributed by atoms with Gasteiger partial charge in [-0.05, 0) is 29.2 Å². The molecule has 0 aromatic heterocycles. The Balaban J connectivity index is 1.70. The third-order valence-corrected chi connectivity index (χ3v) is 4.81. The third kappa shape index (κ3) is 4.99. The van der Waals surface area contributed by atoms with Crippen LogP contribution in [-0.4, -0.2) is 19.7 Å². The van der Waals surface area contributed by atoms with Crippen LogP contribution in [0.15, 0.2) is 84.9 Å². The molecule has 0 fully saturated rings. The quantitative estimate of drug-likeness (QED) is 0.626. The van der Waals surface area contributed by atoms with E-state index in [0.29, 0.717) is 6.54 Å². The van der Waals surface area contributed by atoms with Gasteiger partial charge in [-0.1, -0.05) is 84.9 Å². The van der Waals surface area contributed by atoms with Gasteiger partial charge in [-0.25, -0.2) is 4.79 Å². The van der Waals surface area contributed by atoms with E-state index in [-0.39, 0.29) is 18.2 Å². The standard InChI is InChI=1S/C24H26N2O2/c1-18-11-9-10-16-21(18)22(28-2)17-25-24(27)26-23(19-12-5-3-6-13-19)20-14-7-4-8-15-20/h3-16,22-23H,17H2,1-2H3,(H2,25,26,27). The first-order chi connectivity index (χ1) is 13.7. The van der Waals surface area contributed by atoms with Gasteiger partial charge in [0.1, 0.15) is 0 Å². The van der Waals surface area contributed by atoms with E-state index in [4.69, 9.17) is 4.74 Å². The number of carbonyl (C=O) groups excluding carboxylic acids is 1. The molecule has 0 spiro atoms. The van der Waals surface area contributed by atoms with Gasteiger partial charge < -0.3 is 15.4 Å². The molecule has 0 aliphatic carbocycles. The average Bonchev–Trinajstić information content (AvgIpc) is 2.75. The van der Waals surface area contributed by atoms with E-state index in [9.17, 15) is 4.79 Å². The summed E-state index contributed by atoms with van der Waals surface area (Å²) in [5.74, 6) is 0. The molecular formula is C24H26N2O2. The fraction of sp³-hybridized carbons (Fsp3) is 0.208. The molecule has 3 rings (SSSR count). The van der Waals surface area contributed by atoms with Gasteiger partial charge in [0.05, 0.1) is 12.1 Å². The monoisotopic (exact) mass is 374 g/mol. The van der Waals surface area contributed by atoms with Crippen molar-refractivity contribution in [3.05, 3.63) is 107 Å². The minimum Gasteiger partial charge on any atom is -0.375 e. The minimum absolute atomic E-state index is 0.196. The maximum absolute atomic E-state index is 12.7. The maximum atomic E-state index is 12.7. The molecule has 1 atom stereocenters. The largest absolute Gasteiger partial charge is 0.375 e. The van der Waals surface area contributed by atoms with Crippen molar-refractivity contribution in [3.8, 4) is 0 Å². The fourth-order valence-electron chi connectivity index (χ4n) is 3.29. The molecule has 3 aromatic carbocycles. The van der Waals surface area contributed by atoms with Gasteiger partial charge in [0.15, 0.2) is 0 Å². The second-order valence-corrected chi connectivity index (χ2v) is 6.69. The van der Waals surface area contributed by atoms with Gasteiger partial charge in [0.2, 0.25) is 0 Å². The summed E-state index contributed by atoms with van der Waals surface area (Å²) in [5.41, 5.74) is 4.29. The van der Waals surface area contributed by atoms with Gasteiger partial charge in [-0.3, -0.25) is 0 Å². The normalized spacial score (nSPS) is 11.8. The Kier molecular flexibility index (Phi) is 6.82. The fourth-order valence-corrected chi connectivity index (χ4v) is 3.29. The number of hydrogen-bond acceptors (Lipinski definition) is 2. The number of methoxy groups -OCH3 is 1. The summed E-state index contributed by atoms with van der Waals surface area (Å²) in [6, 6.07) is 27.5. The van der Waals surface area contributed by atoms with Crippen LogP contribution >= 0.6 is 0 Å². The Morgan fingerprint density at radius 1 is 0.857 bits per heavy atom. The molecule has 2 amide bonds. The van der Waals surface area contributed by atoms with Gasteiger partial charge in [0.25, 0.3) is 0 Å². The van der Waals surface area contributed by atoms with E-state index in [2.05, 4.69) is 10.6 Å². The lowest BCUT2D eigenvalue weighted by atomic mass is 9.99. The molecule has 3 aromatic rings. The Morgan fingerprint density at radius 3 is 1.93 bits per heavy atom. The van der Waals surface area contributed by atoms with Gasteiger partial charge in [-0.15, -0.1) is 0 Å². The predicted molar refractivity (Wildman–Crippen MR) is 112 cm³/mol. The van der Waals surface area contributed by atoms with Crippen molar-refractivity contribution in [2.24, 2.45) is 0 Å². The maximum Gasteiger partial charge on any atom is 0.315 e. The summed E-state index contributed by atoms with van der Waals surface area (Å²) < 4.78 is 5.60. The van der Waals surface area contributed by atoms with Crippen molar-refractivity contribution in [3.63, 3.8) is 0 Å². The number of benzene rings is 3. The van der Waals surface area contributed by atoms with E-state index < -0.39 is 0 Å². The summed E-state index contributed by atoms with van der Waals surface area (Å²) in [5, 5.41) is 6.04. The number of hydrogen-bond donors (Lipinski definition) is 2. The first kappa shape index (κ1) is 19.6.